The fraction of sp³-hybridized carbons (Fsp3) is 0.209. The van der Waals surface area contributed by atoms with E-state index in [1.165, 1.54) is 47.8 Å². The van der Waals surface area contributed by atoms with Gasteiger partial charge in [-0.2, -0.15) is 11.3 Å². The molecule has 7 aromatic rings. The summed E-state index contributed by atoms with van der Waals surface area (Å²) in [7, 11) is -1.23. The van der Waals surface area contributed by atoms with Crippen molar-refractivity contribution in [2.45, 2.75) is 51.7 Å². The summed E-state index contributed by atoms with van der Waals surface area (Å²) in [6.45, 7) is 7.00. The number of pyridine rings is 2. The zero-order valence-corrected chi connectivity index (χ0v) is 32.3. The molecule has 1 radical (unpaired) electrons. The Balaban J connectivity index is 0.000000208. The Labute approximate surface area is 307 Å². The second-order valence-corrected chi connectivity index (χ2v) is 19.9. The molecule has 3 aromatic heterocycles. The van der Waals surface area contributed by atoms with Crippen molar-refractivity contribution >= 4 is 44.8 Å². The third kappa shape index (κ3) is 8.16. The van der Waals surface area contributed by atoms with Gasteiger partial charge in [-0.1, -0.05) is 111 Å². The first-order chi connectivity index (χ1) is 23.3. The summed E-state index contributed by atoms with van der Waals surface area (Å²) in [4.78, 5) is 9.13. The van der Waals surface area contributed by atoms with Gasteiger partial charge in [-0.25, -0.2) is 4.39 Å². The Morgan fingerprint density at radius 2 is 1.57 bits per heavy atom. The van der Waals surface area contributed by atoms with E-state index < -0.39 is 8.07 Å². The van der Waals surface area contributed by atoms with Crippen LogP contribution in [0.4, 0.5) is 4.39 Å². The fourth-order valence-electron chi connectivity index (χ4n) is 6.56. The van der Waals surface area contributed by atoms with E-state index in [0.29, 0.717) is 4.70 Å². The minimum absolute atomic E-state index is 0. The number of aromatic nitrogens is 2. The van der Waals surface area contributed by atoms with Crippen LogP contribution in [0, 0.1) is 23.9 Å². The van der Waals surface area contributed by atoms with Gasteiger partial charge in [0.05, 0.1) is 12.8 Å². The maximum atomic E-state index is 15.0. The number of rotatable bonds is 6. The van der Waals surface area contributed by atoms with E-state index in [1.807, 2.05) is 73.1 Å². The zero-order valence-electron chi connectivity index (χ0n) is 28.1. The molecule has 0 spiro atoms. The van der Waals surface area contributed by atoms with Crippen LogP contribution in [-0.2, 0) is 26.5 Å². The minimum atomic E-state index is -1.23. The smallest absolute Gasteiger partial charge is 0.140 e. The molecular formula is C43H39FIrN2SSi-2. The van der Waals surface area contributed by atoms with Gasteiger partial charge in [-0.05, 0) is 62.3 Å². The quantitative estimate of drug-likeness (QED) is 0.123. The monoisotopic (exact) mass is 855 g/mol. The molecule has 1 fully saturated rings. The predicted molar refractivity (Wildman–Crippen MR) is 204 cm³/mol. The molecule has 0 amide bonds. The van der Waals surface area contributed by atoms with Crippen molar-refractivity contribution in [3.8, 4) is 33.6 Å². The third-order valence-corrected chi connectivity index (χ3v) is 12.5. The second kappa shape index (κ2) is 15.4. The SMILES string of the molecule is C[Si](C)(C)c1ccc(-c2[c-]cccc2)nc1.Fc1cc(-c2ccccc2)cc2c1sc1cc(-c3cc(CC4CCCC4)ccn3)[c-]cc12.[Ir]. The standard InChI is InChI=1S/C29H23FNS.C14H16NSi.Ir/c30-26-17-23(21-8-2-1-3-9-21)16-25-24-11-10-22(18-28(24)32-29(25)26)27-15-20(12-13-31-27)14-19-6-4-5-7-19;1-16(2,3)13-9-10-14(15-11-13)12-7-5-4-6-8-12;/h1-3,8-9,11-13,15-19H,4-7,14H2;4-7,9-11H,1-3H3;/q2*-1;. The maximum Gasteiger partial charge on any atom is 0.140 e. The summed E-state index contributed by atoms with van der Waals surface area (Å²) in [6, 6.07) is 41.0. The largest absolute Gasteiger partial charge is 0.305 e. The number of hydrogen-bond donors (Lipinski definition) is 0. The molecule has 249 valence electrons. The van der Waals surface area contributed by atoms with Gasteiger partial charge in [-0.15, -0.1) is 59.7 Å². The normalized spacial score (nSPS) is 13.2. The van der Waals surface area contributed by atoms with Gasteiger partial charge >= 0.3 is 0 Å². The average Bonchev–Trinajstić information content (AvgIpc) is 3.77. The van der Waals surface area contributed by atoms with Crippen LogP contribution in [-0.4, -0.2) is 18.0 Å². The first kappa shape index (κ1) is 35.0. The molecule has 8 rings (SSSR count). The van der Waals surface area contributed by atoms with E-state index in [4.69, 9.17) is 0 Å². The second-order valence-electron chi connectivity index (χ2n) is 13.8. The summed E-state index contributed by atoms with van der Waals surface area (Å²) < 4.78 is 16.8. The van der Waals surface area contributed by atoms with Gasteiger partial charge < -0.3 is 9.97 Å². The van der Waals surface area contributed by atoms with E-state index in [-0.39, 0.29) is 25.9 Å². The molecule has 3 heterocycles. The van der Waals surface area contributed by atoms with Gasteiger partial charge in [0.15, 0.2) is 0 Å². The molecule has 2 nitrogen and oxygen atoms in total. The van der Waals surface area contributed by atoms with Gasteiger partial charge in [0, 0.05) is 32.5 Å². The summed E-state index contributed by atoms with van der Waals surface area (Å²) in [5.41, 5.74) is 7.26. The van der Waals surface area contributed by atoms with Crippen molar-refractivity contribution in [3.05, 3.63) is 139 Å². The Hall–Kier alpha value is -3.80. The van der Waals surface area contributed by atoms with Gasteiger partial charge in [0.1, 0.15) is 5.82 Å². The molecule has 4 aromatic carbocycles. The molecule has 6 heteroatoms. The molecule has 0 saturated heterocycles. The number of benzene rings is 4. The molecule has 0 aliphatic heterocycles. The Morgan fingerprint density at radius 1 is 0.776 bits per heavy atom. The fourth-order valence-corrected chi connectivity index (χ4v) is 8.71. The summed E-state index contributed by atoms with van der Waals surface area (Å²) in [6.07, 6.45) is 10.5. The van der Waals surface area contributed by atoms with Crippen LogP contribution >= 0.6 is 11.3 Å². The average molecular weight is 855 g/mol. The first-order valence-corrected chi connectivity index (χ1v) is 21.2. The van der Waals surface area contributed by atoms with Crippen LogP contribution in [0.2, 0.25) is 19.6 Å². The van der Waals surface area contributed by atoms with Gasteiger partial charge in [0.25, 0.3) is 0 Å². The van der Waals surface area contributed by atoms with Gasteiger partial charge in [0.2, 0.25) is 0 Å². The van der Waals surface area contributed by atoms with E-state index in [0.717, 1.165) is 61.5 Å². The van der Waals surface area contributed by atoms with Crippen LogP contribution in [0.1, 0.15) is 31.2 Å². The molecule has 0 bridgehead atoms. The molecular weight excluding hydrogens is 816 g/mol. The minimum Gasteiger partial charge on any atom is -0.305 e. The number of thiophene rings is 1. The maximum absolute atomic E-state index is 15.0. The van der Waals surface area contributed by atoms with Crippen LogP contribution in [0.5, 0.6) is 0 Å². The number of nitrogens with zero attached hydrogens (tertiary/aromatic N) is 2. The predicted octanol–water partition coefficient (Wildman–Crippen LogP) is 11.5. The van der Waals surface area contributed by atoms with Crippen molar-refractivity contribution in [2.75, 3.05) is 0 Å². The molecule has 1 aliphatic rings. The Bertz CT molecular complexity index is 2150. The first-order valence-electron chi connectivity index (χ1n) is 16.8. The zero-order chi connectivity index (χ0) is 33.1. The molecule has 49 heavy (non-hydrogen) atoms. The molecule has 0 N–H and O–H groups in total. The van der Waals surface area contributed by atoms with Crippen LogP contribution in [0.15, 0.2) is 116 Å². The van der Waals surface area contributed by atoms with E-state index in [2.05, 4.69) is 78.1 Å². The van der Waals surface area contributed by atoms with Crippen molar-refractivity contribution in [1.82, 2.24) is 9.97 Å². The summed E-state index contributed by atoms with van der Waals surface area (Å²) in [5, 5.41) is 3.40. The molecule has 1 saturated carbocycles. The number of hydrogen-bond acceptors (Lipinski definition) is 3. The molecule has 0 atom stereocenters. The Kier molecular flexibility index (Phi) is 11.0. The number of halogens is 1. The topological polar surface area (TPSA) is 25.8 Å². The summed E-state index contributed by atoms with van der Waals surface area (Å²) >= 11 is 1.51. The van der Waals surface area contributed by atoms with E-state index in [1.54, 1.807) is 6.07 Å². The molecule has 1 aliphatic carbocycles. The van der Waals surface area contributed by atoms with E-state index >= 15 is 4.39 Å². The summed E-state index contributed by atoms with van der Waals surface area (Å²) in [5.74, 6) is 0.641. The third-order valence-electron chi connectivity index (χ3n) is 9.28. The Morgan fingerprint density at radius 3 is 2.29 bits per heavy atom. The van der Waals surface area contributed by atoms with Crippen molar-refractivity contribution in [3.63, 3.8) is 0 Å². The van der Waals surface area contributed by atoms with Crippen LogP contribution < -0.4 is 5.19 Å². The van der Waals surface area contributed by atoms with Crippen LogP contribution in [0.3, 0.4) is 0 Å². The van der Waals surface area contributed by atoms with Crippen LogP contribution in [0.25, 0.3) is 53.8 Å². The number of fused-ring (bicyclic) bond motifs is 3. The van der Waals surface area contributed by atoms with Crippen molar-refractivity contribution in [1.29, 1.82) is 0 Å². The van der Waals surface area contributed by atoms with Crippen molar-refractivity contribution < 1.29 is 24.5 Å². The van der Waals surface area contributed by atoms with Gasteiger partial charge in [-0.3, -0.25) is 0 Å². The van der Waals surface area contributed by atoms with E-state index in [9.17, 15) is 0 Å². The molecule has 0 unspecified atom stereocenters. The van der Waals surface area contributed by atoms with Crippen molar-refractivity contribution in [2.24, 2.45) is 5.92 Å².